The van der Waals surface area contributed by atoms with E-state index >= 15 is 0 Å². The van der Waals surface area contributed by atoms with E-state index in [4.69, 9.17) is 10.2 Å². The van der Waals surface area contributed by atoms with Crippen molar-refractivity contribution in [1.82, 2.24) is 0 Å². The number of hydrogen-bond donors (Lipinski definition) is 2. The van der Waals surface area contributed by atoms with Crippen molar-refractivity contribution in [2.24, 2.45) is 11.8 Å². The maximum Gasteiger partial charge on any atom is 1.00 e. The summed E-state index contributed by atoms with van der Waals surface area (Å²) in [7, 11) is 0. The smallest absolute Gasteiger partial charge is 1.00 e. The molecule has 0 heterocycles. The van der Waals surface area contributed by atoms with Crippen LogP contribution < -0.4 is 18.9 Å². The summed E-state index contributed by atoms with van der Waals surface area (Å²) in [4.78, 5) is 19.4. The normalized spacial score (nSPS) is 8.46. The van der Waals surface area contributed by atoms with Gasteiger partial charge in [0, 0.05) is 0 Å². The Labute approximate surface area is 92.0 Å². The maximum absolute atomic E-state index is 9.70. The van der Waals surface area contributed by atoms with Crippen LogP contribution in [0.15, 0.2) is 0 Å². The van der Waals surface area contributed by atoms with Crippen LogP contribution in [-0.2, 0) is 9.59 Å². The minimum Gasteiger partial charge on any atom is -1.00 e. The van der Waals surface area contributed by atoms with Gasteiger partial charge >= 0.3 is 30.8 Å². The Morgan fingerprint density at radius 3 is 1.00 bits per heavy atom. The molecule has 4 nitrogen and oxygen atoms in total. The summed E-state index contributed by atoms with van der Waals surface area (Å²) in [6, 6.07) is 0. The number of hydrogen-bond acceptors (Lipinski definition) is 2. The number of aliphatic carboxylic acids is 2. The molecule has 0 aliphatic rings. The van der Waals surface area contributed by atoms with E-state index in [1.165, 1.54) is 0 Å². The second-order valence-electron chi connectivity index (χ2n) is 2.99. The van der Waals surface area contributed by atoms with Crippen LogP contribution in [0.1, 0.15) is 29.1 Å². The molecule has 0 rings (SSSR count). The summed E-state index contributed by atoms with van der Waals surface area (Å²) in [5.74, 6) is -1.94. The Morgan fingerprint density at radius 1 is 0.923 bits per heavy atom. The average molecular weight is 184 g/mol. The molecule has 74 valence electrons. The van der Waals surface area contributed by atoms with Crippen LogP contribution in [0.2, 0.25) is 0 Å². The number of carboxylic acids is 2. The Hall–Kier alpha value is -0.463. The molecule has 0 aromatic rings. The molecule has 0 aliphatic heterocycles. The Kier molecular flexibility index (Phi) is 13.6. The fourth-order valence-corrected chi connectivity index (χ4v) is 0. The van der Waals surface area contributed by atoms with Gasteiger partial charge in [-0.25, -0.2) is 0 Å². The van der Waals surface area contributed by atoms with Gasteiger partial charge in [-0.15, -0.1) is 0 Å². The summed E-state index contributed by atoms with van der Waals surface area (Å²) >= 11 is 0. The molecular formula is C8H17LiO4. The molecule has 13 heavy (non-hydrogen) atoms. The maximum atomic E-state index is 9.70. The van der Waals surface area contributed by atoms with E-state index in [0.29, 0.717) is 0 Å². The molecule has 0 unspecified atom stereocenters. The van der Waals surface area contributed by atoms with Crippen LogP contribution in [0.25, 0.3) is 0 Å². The van der Waals surface area contributed by atoms with Gasteiger partial charge in [0.15, 0.2) is 0 Å². The van der Waals surface area contributed by atoms with E-state index in [9.17, 15) is 9.59 Å². The van der Waals surface area contributed by atoms with Gasteiger partial charge in [-0.1, -0.05) is 27.7 Å². The molecule has 0 spiro atoms. The van der Waals surface area contributed by atoms with Gasteiger partial charge in [0.2, 0.25) is 0 Å². The fraction of sp³-hybridized carbons (Fsp3) is 0.750. The van der Waals surface area contributed by atoms with Gasteiger partial charge in [-0.2, -0.15) is 0 Å². The number of carboxylic acid groups (broad SMARTS) is 2. The van der Waals surface area contributed by atoms with Gasteiger partial charge in [0.05, 0.1) is 11.8 Å². The average Bonchev–Trinajstić information content (AvgIpc) is 1.88. The monoisotopic (exact) mass is 184 g/mol. The van der Waals surface area contributed by atoms with Crippen LogP contribution in [0, 0.1) is 11.8 Å². The molecule has 0 bridgehead atoms. The molecule has 0 atom stereocenters. The summed E-state index contributed by atoms with van der Waals surface area (Å²) in [6.45, 7) is 6.56. The first kappa shape index (κ1) is 18.3. The molecule has 2 N–H and O–H groups in total. The molecule has 0 saturated carbocycles. The summed E-state index contributed by atoms with van der Waals surface area (Å²) in [5, 5.41) is 16.0. The predicted octanol–water partition coefficient (Wildman–Crippen LogP) is -1.43. The zero-order valence-electron chi connectivity index (χ0n) is 9.87. The van der Waals surface area contributed by atoms with E-state index in [0.717, 1.165) is 0 Å². The van der Waals surface area contributed by atoms with Crippen molar-refractivity contribution >= 4 is 11.9 Å². The third kappa shape index (κ3) is 18.5. The molecule has 0 fully saturated rings. The van der Waals surface area contributed by atoms with Crippen molar-refractivity contribution in [3.63, 3.8) is 0 Å². The van der Waals surface area contributed by atoms with Gasteiger partial charge < -0.3 is 11.6 Å². The SMILES string of the molecule is CC(C)C(=O)O.CC(C)C(=O)O.[H-].[Li+]. The molecule has 5 heteroatoms. The van der Waals surface area contributed by atoms with Crippen molar-refractivity contribution in [3.8, 4) is 0 Å². The van der Waals surface area contributed by atoms with E-state index < -0.39 is 11.9 Å². The van der Waals surface area contributed by atoms with Gasteiger partial charge in [-0.05, 0) is 0 Å². The van der Waals surface area contributed by atoms with E-state index in [1.54, 1.807) is 27.7 Å². The van der Waals surface area contributed by atoms with E-state index in [2.05, 4.69) is 0 Å². The third-order valence-corrected chi connectivity index (χ3v) is 0.988. The molecule has 0 radical (unpaired) electrons. The number of rotatable bonds is 2. The van der Waals surface area contributed by atoms with Crippen LogP contribution in [0.4, 0.5) is 0 Å². The van der Waals surface area contributed by atoms with Gasteiger partial charge in [0.25, 0.3) is 0 Å². The second-order valence-corrected chi connectivity index (χ2v) is 2.99. The van der Waals surface area contributed by atoms with Crippen molar-refractivity contribution in [3.05, 3.63) is 0 Å². The fourth-order valence-electron chi connectivity index (χ4n) is 0. The summed E-state index contributed by atoms with van der Waals surface area (Å²) in [5.41, 5.74) is 0. The molecule has 0 amide bonds. The zero-order chi connectivity index (χ0) is 10.3. The van der Waals surface area contributed by atoms with E-state index in [1.807, 2.05) is 0 Å². The molecule has 0 aromatic heterocycles. The van der Waals surface area contributed by atoms with Crippen LogP contribution in [0.5, 0.6) is 0 Å². The van der Waals surface area contributed by atoms with Crippen molar-refractivity contribution < 1.29 is 40.1 Å². The first-order valence-electron chi connectivity index (χ1n) is 3.74. The topological polar surface area (TPSA) is 74.6 Å². The van der Waals surface area contributed by atoms with Crippen molar-refractivity contribution in [2.45, 2.75) is 27.7 Å². The van der Waals surface area contributed by atoms with Gasteiger partial charge in [-0.3, -0.25) is 9.59 Å². The van der Waals surface area contributed by atoms with Gasteiger partial charge in [0.1, 0.15) is 0 Å². The minimum absolute atomic E-state index is 0. The van der Waals surface area contributed by atoms with Crippen LogP contribution in [-0.4, -0.2) is 22.2 Å². The molecule has 0 saturated heterocycles. The quantitative estimate of drug-likeness (QED) is 0.516. The van der Waals surface area contributed by atoms with Crippen LogP contribution >= 0.6 is 0 Å². The predicted molar refractivity (Wildman–Crippen MR) is 46.1 cm³/mol. The summed E-state index contributed by atoms with van der Waals surface area (Å²) in [6.07, 6.45) is 0. The largest absolute Gasteiger partial charge is 1.00 e. The zero-order valence-corrected chi connectivity index (χ0v) is 8.87. The standard InChI is InChI=1S/2C4H8O2.Li.H/c2*1-3(2)4(5)6;;/h2*3H,1-2H3,(H,5,6);;/q;;+1;-1. The first-order valence-corrected chi connectivity index (χ1v) is 3.74. The Balaban J connectivity index is -0.0000000625. The Morgan fingerprint density at radius 2 is 1.00 bits per heavy atom. The molecule has 0 aromatic carbocycles. The molecule has 0 aliphatic carbocycles. The number of carbonyl (C=O) groups is 2. The van der Waals surface area contributed by atoms with E-state index in [-0.39, 0.29) is 32.1 Å². The third-order valence-electron chi connectivity index (χ3n) is 0.988. The second kappa shape index (κ2) is 9.62. The van der Waals surface area contributed by atoms with Crippen molar-refractivity contribution in [2.75, 3.05) is 0 Å². The van der Waals surface area contributed by atoms with Crippen LogP contribution in [0.3, 0.4) is 0 Å². The minimum atomic E-state index is -0.741. The first-order chi connectivity index (χ1) is 5.29. The molecular weight excluding hydrogens is 167 g/mol. The van der Waals surface area contributed by atoms with Crippen molar-refractivity contribution in [1.29, 1.82) is 0 Å². The Bertz CT molecular complexity index is 141. The summed E-state index contributed by atoms with van der Waals surface area (Å²) < 4.78 is 0.